The fraction of sp³-hybridized carbons (Fsp3) is 0. The number of pyridine rings is 1. The molecule has 0 aromatic carbocycles. The zero-order valence-electron chi connectivity index (χ0n) is 5.51. The van der Waals surface area contributed by atoms with Crippen molar-refractivity contribution in [1.82, 2.24) is 15.4 Å². The van der Waals surface area contributed by atoms with E-state index in [1.165, 1.54) is 12.4 Å². The van der Waals surface area contributed by atoms with E-state index < -0.39 is 0 Å². The molecule has 0 aliphatic rings. The lowest BCUT2D eigenvalue weighted by Crippen LogP contribution is -2.27. The molecule has 0 amide bonds. The van der Waals surface area contributed by atoms with Gasteiger partial charge in [0.2, 0.25) is 0 Å². The first-order valence-corrected chi connectivity index (χ1v) is 3.04. The Morgan fingerprint density at radius 1 is 1.45 bits per heavy atom. The van der Waals surface area contributed by atoms with E-state index in [0.29, 0.717) is 15.8 Å². The van der Waals surface area contributed by atoms with Crippen molar-refractivity contribution in [2.75, 3.05) is 0 Å². The molecule has 0 atom stereocenters. The van der Waals surface area contributed by atoms with Crippen LogP contribution in [-0.2, 0) is 0 Å². The van der Waals surface area contributed by atoms with Gasteiger partial charge >= 0.3 is 5.65 Å². The van der Waals surface area contributed by atoms with Crippen molar-refractivity contribution >= 4 is 11.0 Å². The third-order valence-corrected chi connectivity index (χ3v) is 1.35. The second-order valence-corrected chi connectivity index (χ2v) is 2.05. The second-order valence-electron chi connectivity index (χ2n) is 2.05. The molecule has 54 valence electrons. The van der Waals surface area contributed by atoms with Gasteiger partial charge in [0.1, 0.15) is 5.10 Å². The van der Waals surface area contributed by atoms with E-state index in [1.54, 1.807) is 12.1 Å². The van der Waals surface area contributed by atoms with Gasteiger partial charge in [-0.2, -0.15) is 0 Å². The van der Waals surface area contributed by atoms with Crippen molar-refractivity contribution in [3.05, 3.63) is 29.7 Å². The second kappa shape index (κ2) is 2.12. The molecule has 0 N–H and O–H groups in total. The Bertz CT molecular complexity index is 384. The molecule has 0 saturated heterocycles. The summed E-state index contributed by atoms with van der Waals surface area (Å²) in [6, 6.07) is 3.39. The summed E-state index contributed by atoms with van der Waals surface area (Å²) in [5, 5.41) is 22.1. The van der Waals surface area contributed by atoms with Gasteiger partial charge in [-0.3, -0.25) is 0 Å². The maximum absolute atomic E-state index is 11.0. The monoisotopic (exact) mass is 148 g/mol. The minimum atomic E-state index is 0.294. The fourth-order valence-corrected chi connectivity index (χ4v) is 0.856. The Morgan fingerprint density at radius 3 is 3.18 bits per heavy atom. The van der Waals surface area contributed by atoms with E-state index >= 15 is 0 Å². The van der Waals surface area contributed by atoms with Crippen LogP contribution in [0.4, 0.5) is 0 Å². The van der Waals surface area contributed by atoms with Crippen molar-refractivity contribution in [2.24, 2.45) is 0 Å². The smallest absolute Gasteiger partial charge is 0.364 e. The Hall–Kier alpha value is -1.78. The molecule has 0 fully saturated rings. The lowest BCUT2D eigenvalue weighted by Gasteiger charge is -1.99. The molecule has 2 aromatic heterocycles. The summed E-state index contributed by atoms with van der Waals surface area (Å²) < 4.78 is 0.657. The van der Waals surface area contributed by atoms with E-state index in [2.05, 4.69) is 15.4 Å². The lowest BCUT2D eigenvalue weighted by atomic mass is 10.3. The number of rotatable bonds is 0. The first-order valence-electron chi connectivity index (χ1n) is 3.04. The summed E-state index contributed by atoms with van der Waals surface area (Å²) >= 11 is 0. The average Bonchev–Trinajstić information content (AvgIpc) is 2.06. The molecule has 0 radical (unpaired) electrons. The van der Waals surface area contributed by atoms with E-state index in [9.17, 15) is 5.21 Å². The predicted octanol–water partition coefficient (Wildman–Crippen LogP) is -0.342. The van der Waals surface area contributed by atoms with Crippen molar-refractivity contribution in [3.8, 4) is 0 Å². The Labute approximate surface area is 61.9 Å². The molecule has 11 heavy (non-hydrogen) atoms. The fourth-order valence-electron chi connectivity index (χ4n) is 0.856. The highest BCUT2D eigenvalue weighted by Crippen LogP contribution is 2.00. The zero-order valence-corrected chi connectivity index (χ0v) is 5.51. The van der Waals surface area contributed by atoms with Crippen LogP contribution in [-0.4, -0.2) is 15.4 Å². The third kappa shape index (κ3) is 0.861. The molecule has 0 aliphatic heterocycles. The van der Waals surface area contributed by atoms with Crippen molar-refractivity contribution in [2.45, 2.75) is 0 Å². The van der Waals surface area contributed by atoms with Crippen LogP contribution in [0.3, 0.4) is 0 Å². The molecular formula is C6H4N4O. The van der Waals surface area contributed by atoms with Crippen LogP contribution in [0.5, 0.6) is 0 Å². The molecule has 2 rings (SSSR count). The molecule has 2 aromatic rings. The zero-order chi connectivity index (χ0) is 7.68. The highest BCUT2D eigenvalue weighted by atomic mass is 16.5. The number of fused-ring (bicyclic) bond motifs is 1. The van der Waals surface area contributed by atoms with Crippen LogP contribution in [0.15, 0.2) is 24.5 Å². The van der Waals surface area contributed by atoms with E-state index in [-0.39, 0.29) is 0 Å². The number of nitrogens with zero attached hydrogens (tertiary/aromatic N) is 4. The summed E-state index contributed by atoms with van der Waals surface area (Å²) in [7, 11) is 0. The van der Waals surface area contributed by atoms with Crippen molar-refractivity contribution in [1.29, 1.82) is 0 Å². The molecule has 0 spiro atoms. The molecular weight excluding hydrogens is 144 g/mol. The van der Waals surface area contributed by atoms with Crippen molar-refractivity contribution < 1.29 is 4.73 Å². The highest BCUT2D eigenvalue weighted by molar-refractivity contribution is 5.68. The van der Waals surface area contributed by atoms with Crippen LogP contribution in [0.2, 0.25) is 0 Å². The van der Waals surface area contributed by atoms with E-state index in [1.807, 2.05) is 0 Å². The van der Waals surface area contributed by atoms with Gasteiger partial charge in [0.25, 0.3) is 0 Å². The minimum absolute atomic E-state index is 0.294. The predicted molar refractivity (Wildman–Crippen MR) is 36.3 cm³/mol. The molecule has 5 heteroatoms. The summed E-state index contributed by atoms with van der Waals surface area (Å²) in [5.74, 6) is 0. The number of aromatic nitrogens is 4. The normalized spacial score (nSPS) is 10.2. The summed E-state index contributed by atoms with van der Waals surface area (Å²) in [4.78, 5) is 0. The van der Waals surface area contributed by atoms with Crippen LogP contribution < -0.4 is 4.73 Å². The van der Waals surface area contributed by atoms with E-state index in [4.69, 9.17) is 0 Å². The van der Waals surface area contributed by atoms with Crippen LogP contribution in [0.1, 0.15) is 0 Å². The summed E-state index contributed by atoms with van der Waals surface area (Å²) in [6.07, 6.45) is 2.87. The summed E-state index contributed by atoms with van der Waals surface area (Å²) in [6.45, 7) is 0. The number of hydrogen-bond donors (Lipinski definition) is 0. The first-order chi connectivity index (χ1) is 5.38. The molecule has 0 unspecified atom stereocenters. The maximum Gasteiger partial charge on any atom is 0.364 e. The van der Waals surface area contributed by atoms with Gasteiger partial charge < -0.3 is 5.21 Å². The Morgan fingerprint density at radius 2 is 2.36 bits per heavy atom. The van der Waals surface area contributed by atoms with Gasteiger partial charge in [-0.05, 0) is 12.1 Å². The molecule has 0 bridgehead atoms. The van der Waals surface area contributed by atoms with Gasteiger partial charge in [-0.15, -0.1) is 5.10 Å². The quantitative estimate of drug-likeness (QED) is 0.378. The largest absolute Gasteiger partial charge is 0.710 e. The van der Waals surface area contributed by atoms with Gasteiger partial charge in [0, 0.05) is 0 Å². The first kappa shape index (κ1) is 5.96. The van der Waals surface area contributed by atoms with Crippen LogP contribution in [0, 0.1) is 5.21 Å². The van der Waals surface area contributed by atoms with Crippen LogP contribution >= 0.6 is 0 Å². The SMILES string of the molecule is [O-][n+]1cccc2cnnnc21. The van der Waals surface area contributed by atoms with Gasteiger partial charge in [-0.1, -0.05) is 0 Å². The lowest BCUT2D eigenvalue weighted by molar-refractivity contribution is -0.579. The highest BCUT2D eigenvalue weighted by Gasteiger charge is 2.03. The number of hydrogen-bond acceptors (Lipinski definition) is 4. The Kier molecular flexibility index (Phi) is 1.15. The van der Waals surface area contributed by atoms with E-state index in [0.717, 1.165) is 0 Å². The minimum Gasteiger partial charge on any atom is -0.710 e. The molecule has 2 heterocycles. The summed E-state index contributed by atoms with van der Waals surface area (Å²) in [5.41, 5.74) is 0.294. The van der Waals surface area contributed by atoms with Gasteiger partial charge in [-0.25, -0.2) is 4.73 Å². The van der Waals surface area contributed by atoms with Gasteiger partial charge in [0.15, 0.2) is 0 Å². The van der Waals surface area contributed by atoms with Crippen LogP contribution in [0.25, 0.3) is 11.0 Å². The maximum atomic E-state index is 11.0. The molecule has 0 saturated carbocycles. The molecule has 5 nitrogen and oxygen atoms in total. The Balaban J connectivity index is 2.91. The average molecular weight is 148 g/mol. The van der Waals surface area contributed by atoms with Gasteiger partial charge in [0.05, 0.1) is 23.0 Å². The standard InChI is InChI=1S/C6H4N4O/c11-10-3-1-2-5-4-7-9-8-6(5)10/h1-4H. The third-order valence-electron chi connectivity index (χ3n) is 1.35. The van der Waals surface area contributed by atoms with Crippen molar-refractivity contribution in [3.63, 3.8) is 0 Å². The topological polar surface area (TPSA) is 65.6 Å². The molecule has 0 aliphatic carbocycles.